The molecule has 0 aliphatic carbocycles. The van der Waals surface area contributed by atoms with E-state index < -0.39 is 10.0 Å². The lowest BCUT2D eigenvalue weighted by atomic mass is 10.4. The molecule has 0 aromatic carbocycles. The van der Waals surface area contributed by atoms with E-state index in [2.05, 4.69) is 9.71 Å². The Morgan fingerprint density at radius 1 is 1.47 bits per heavy atom. The third kappa shape index (κ3) is 4.48. The van der Waals surface area contributed by atoms with Gasteiger partial charge in [0, 0.05) is 11.6 Å². The molecule has 1 aromatic heterocycles. The number of aromatic nitrogens is 1. The maximum atomic E-state index is 11.5. The monoisotopic (exact) mass is 248 g/mol. The number of nitrogens with one attached hydrogen (secondary N) is 1. The number of aryl methyl sites for hydroxylation is 1. The van der Waals surface area contributed by atoms with E-state index in [0.29, 0.717) is 18.1 Å². The molecule has 0 saturated carbocycles. The van der Waals surface area contributed by atoms with Crippen LogP contribution in [0.3, 0.4) is 0 Å². The first kappa shape index (κ1) is 12.3. The van der Waals surface area contributed by atoms with E-state index in [4.69, 9.17) is 11.6 Å². The lowest BCUT2D eigenvalue weighted by Crippen LogP contribution is -2.17. The van der Waals surface area contributed by atoms with Gasteiger partial charge in [0.25, 0.3) is 0 Å². The highest BCUT2D eigenvalue weighted by molar-refractivity contribution is 7.92. The summed E-state index contributed by atoms with van der Waals surface area (Å²) >= 11 is 5.43. The van der Waals surface area contributed by atoms with Gasteiger partial charge in [0.2, 0.25) is 10.0 Å². The van der Waals surface area contributed by atoms with Gasteiger partial charge in [-0.25, -0.2) is 13.4 Å². The number of halogens is 1. The first-order chi connectivity index (χ1) is 7.03. The normalized spacial score (nSPS) is 11.3. The van der Waals surface area contributed by atoms with Crippen LogP contribution < -0.4 is 4.72 Å². The minimum Gasteiger partial charge on any atom is -0.267 e. The minimum atomic E-state index is -3.31. The molecule has 0 bridgehead atoms. The molecule has 0 aliphatic heterocycles. The van der Waals surface area contributed by atoms with Crippen molar-refractivity contribution in [3.05, 3.63) is 23.9 Å². The van der Waals surface area contributed by atoms with Crippen molar-refractivity contribution in [3.8, 4) is 0 Å². The predicted molar refractivity (Wildman–Crippen MR) is 61.7 cm³/mol. The Hall–Kier alpha value is -0.810. The van der Waals surface area contributed by atoms with Crippen LogP contribution in [0.2, 0.25) is 0 Å². The van der Waals surface area contributed by atoms with E-state index in [-0.39, 0.29) is 5.75 Å². The molecular weight excluding hydrogens is 236 g/mol. The van der Waals surface area contributed by atoms with E-state index >= 15 is 0 Å². The van der Waals surface area contributed by atoms with Gasteiger partial charge in [0.05, 0.1) is 5.75 Å². The van der Waals surface area contributed by atoms with Gasteiger partial charge in [-0.3, -0.25) is 4.72 Å². The van der Waals surface area contributed by atoms with Crippen molar-refractivity contribution in [2.24, 2.45) is 0 Å². The largest absolute Gasteiger partial charge is 0.267 e. The zero-order valence-corrected chi connectivity index (χ0v) is 9.98. The summed E-state index contributed by atoms with van der Waals surface area (Å²) in [6, 6.07) is 5.17. The third-order valence-electron chi connectivity index (χ3n) is 1.70. The van der Waals surface area contributed by atoms with Crippen LogP contribution in [0.4, 0.5) is 5.82 Å². The van der Waals surface area contributed by atoms with Crippen molar-refractivity contribution in [2.75, 3.05) is 16.4 Å². The fourth-order valence-electron chi connectivity index (χ4n) is 1.05. The number of pyridine rings is 1. The SMILES string of the molecule is Cc1cccc(NS(=O)(=O)CCCCl)n1. The van der Waals surface area contributed by atoms with Crippen LogP contribution in [0.5, 0.6) is 0 Å². The summed E-state index contributed by atoms with van der Waals surface area (Å²) < 4.78 is 25.3. The molecule has 0 unspecified atom stereocenters. The molecule has 15 heavy (non-hydrogen) atoms. The minimum absolute atomic E-state index is 0.0200. The van der Waals surface area contributed by atoms with Crippen LogP contribution >= 0.6 is 11.6 Å². The van der Waals surface area contributed by atoms with E-state index in [1.807, 2.05) is 0 Å². The predicted octanol–water partition coefficient (Wildman–Crippen LogP) is 1.76. The van der Waals surface area contributed by atoms with Crippen molar-refractivity contribution in [2.45, 2.75) is 13.3 Å². The number of alkyl halides is 1. The number of nitrogens with zero attached hydrogens (tertiary/aromatic N) is 1. The van der Waals surface area contributed by atoms with Crippen molar-refractivity contribution >= 4 is 27.4 Å². The topological polar surface area (TPSA) is 59.1 Å². The Balaban J connectivity index is 2.69. The Morgan fingerprint density at radius 3 is 2.80 bits per heavy atom. The van der Waals surface area contributed by atoms with E-state index in [1.165, 1.54) is 0 Å². The first-order valence-electron chi connectivity index (χ1n) is 4.53. The Labute approximate surface area is 94.7 Å². The number of anilines is 1. The van der Waals surface area contributed by atoms with Crippen molar-refractivity contribution in [1.29, 1.82) is 0 Å². The summed E-state index contributed by atoms with van der Waals surface area (Å²) in [7, 11) is -3.31. The van der Waals surface area contributed by atoms with Crippen LogP contribution in [0, 0.1) is 6.92 Å². The molecule has 1 aromatic rings. The van der Waals surface area contributed by atoms with Gasteiger partial charge >= 0.3 is 0 Å². The maximum absolute atomic E-state index is 11.5. The smallest absolute Gasteiger partial charge is 0.233 e. The summed E-state index contributed by atoms with van der Waals surface area (Å²) in [5.41, 5.74) is 0.771. The molecule has 0 spiro atoms. The molecule has 1 N–H and O–H groups in total. The third-order valence-corrected chi connectivity index (χ3v) is 3.31. The molecule has 0 fully saturated rings. The molecule has 4 nitrogen and oxygen atoms in total. The van der Waals surface area contributed by atoms with Gasteiger partial charge in [-0.1, -0.05) is 6.07 Å². The van der Waals surface area contributed by atoms with Gasteiger partial charge in [-0.2, -0.15) is 0 Å². The lowest BCUT2D eigenvalue weighted by Gasteiger charge is -2.06. The summed E-state index contributed by atoms with van der Waals surface area (Å²) in [4.78, 5) is 4.04. The molecule has 0 saturated heterocycles. The number of rotatable bonds is 5. The molecule has 84 valence electrons. The Kier molecular flexibility index (Phi) is 4.35. The molecule has 0 aliphatic rings. The molecular formula is C9H13ClN2O2S. The summed E-state index contributed by atoms with van der Waals surface area (Å²) in [5, 5.41) is 0. The number of sulfonamides is 1. The van der Waals surface area contributed by atoms with Crippen LogP contribution in [0.15, 0.2) is 18.2 Å². The molecule has 0 atom stereocenters. The molecule has 0 radical (unpaired) electrons. The molecule has 6 heteroatoms. The Morgan fingerprint density at radius 2 is 2.20 bits per heavy atom. The summed E-state index contributed by atoms with van der Waals surface area (Å²) in [6.07, 6.45) is 0.433. The zero-order chi connectivity index (χ0) is 11.3. The van der Waals surface area contributed by atoms with Crippen molar-refractivity contribution in [1.82, 2.24) is 4.98 Å². The van der Waals surface area contributed by atoms with E-state index in [9.17, 15) is 8.42 Å². The van der Waals surface area contributed by atoms with Gasteiger partial charge in [0.1, 0.15) is 5.82 Å². The molecule has 1 rings (SSSR count). The van der Waals surface area contributed by atoms with E-state index in [0.717, 1.165) is 5.69 Å². The fraction of sp³-hybridized carbons (Fsp3) is 0.444. The van der Waals surface area contributed by atoms with E-state index in [1.54, 1.807) is 25.1 Å². The van der Waals surface area contributed by atoms with Gasteiger partial charge in [-0.15, -0.1) is 11.6 Å². The second-order valence-electron chi connectivity index (χ2n) is 3.13. The molecule has 1 heterocycles. The van der Waals surface area contributed by atoms with Crippen molar-refractivity contribution in [3.63, 3.8) is 0 Å². The van der Waals surface area contributed by atoms with Gasteiger partial charge in [0.15, 0.2) is 0 Å². The Bertz CT molecular complexity index is 420. The highest BCUT2D eigenvalue weighted by atomic mass is 35.5. The van der Waals surface area contributed by atoms with Crippen LogP contribution in [0.1, 0.15) is 12.1 Å². The van der Waals surface area contributed by atoms with Gasteiger partial charge < -0.3 is 0 Å². The number of hydrogen-bond donors (Lipinski definition) is 1. The summed E-state index contributed by atoms with van der Waals surface area (Å²) in [5.74, 6) is 0.707. The second-order valence-corrected chi connectivity index (χ2v) is 5.35. The van der Waals surface area contributed by atoms with Crippen LogP contribution in [-0.2, 0) is 10.0 Å². The van der Waals surface area contributed by atoms with Gasteiger partial charge in [-0.05, 0) is 25.5 Å². The first-order valence-corrected chi connectivity index (χ1v) is 6.72. The summed E-state index contributed by atoms with van der Waals surface area (Å²) in [6.45, 7) is 1.80. The number of hydrogen-bond acceptors (Lipinski definition) is 3. The fourth-order valence-corrected chi connectivity index (χ4v) is 2.41. The van der Waals surface area contributed by atoms with Crippen molar-refractivity contribution < 1.29 is 8.42 Å². The highest BCUT2D eigenvalue weighted by Crippen LogP contribution is 2.07. The highest BCUT2D eigenvalue weighted by Gasteiger charge is 2.10. The molecule has 0 amide bonds. The quantitative estimate of drug-likeness (QED) is 0.808. The average Bonchev–Trinajstić information content (AvgIpc) is 2.14. The standard InChI is InChI=1S/C9H13ClN2O2S/c1-8-4-2-5-9(11-8)12-15(13,14)7-3-6-10/h2,4-5H,3,6-7H2,1H3,(H,11,12). The lowest BCUT2D eigenvalue weighted by molar-refractivity contribution is 0.600. The zero-order valence-electron chi connectivity index (χ0n) is 8.40. The maximum Gasteiger partial charge on any atom is 0.233 e. The average molecular weight is 249 g/mol. The van der Waals surface area contributed by atoms with Crippen LogP contribution in [-0.4, -0.2) is 25.0 Å². The second kappa shape index (κ2) is 5.32. The van der Waals surface area contributed by atoms with Crippen LogP contribution in [0.25, 0.3) is 0 Å².